The predicted molar refractivity (Wildman–Crippen MR) is 80.0 cm³/mol. The number of rotatable bonds is 7. The molecule has 0 saturated carbocycles. The Morgan fingerprint density at radius 2 is 2.05 bits per heavy atom. The molecule has 1 atom stereocenters. The lowest BCUT2D eigenvalue weighted by molar-refractivity contribution is -0.144. The highest BCUT2D eigenvalue weighted by Crippen LogP contribution is 2.31. The third kappa shape index (κ3) is 5.42. The lowest BCUT2D eigenvalue weighted by Crippen LogP contribution is -2.11. The Morgan fingerprint density at radius 1 is 1.32 bits per heavy atom. The van der Waals surface area contributed by atoms with Crippen molar-refractivity contribution in [3.05, 3.63) is 33.8 Å². The molecule has 19 heavy (non-hydrogen) atoms. The Labute approximate surface area is 125 Å². The molecule has 0 bridgehead atoms. The Hall–Kier alpha value is -0.730. The van der Waals surface area contributed by atoms with Gasteiger partial charge < -0.3 is 4.74 Å². The highest BCUT2D eigenvalue weighted by molar-refractivity contribution is 6.35. The van der Waals surface area contributed by atoms with Crippen molar-refractivity contribution in [3.8, 4) is 0 Å². The van der Waals surface area contributed by atoms with Crippen molar-refractivity contribution in [1.82, 2.24) is 0 Å². The molecule has 0 radical (unpaired) electrons. The molecule has 0 aromatic heterocycles. The van der Waals surface area contributed by atoms with E-state index in [-0.39, 0.29) is 11.9 Å². The number of benzene rings is 1. The molecule has 1 aromatic carbocycles. The second-order valence-corrected chi connectivity index (χ2v) is 5.39. The van der Waals surface area contributed by atoms with Gasteiger partial charge in [-0.3, -0.25) is 4.79 Å². The first-order valence-corrected chi connectivity index (χ1v) is 7.44. The third-order valence-corrected chi connectivity index (χ3v) is 3.63. The van der Waals surface area contributed by atoms with Crippen LogP contribution in [0.1, 0.15) is 51.0 Å². The van der Waals surface area contributed by atoms with Gasteiger partial charge in [-0.15, -0.1) is 0 Å². The summed E-state index contributed by atoms with van der Waals surface area (Å²) in [6.45, 7) is 4.60. The Morgan fingerprint density at radius 3 is 2.63 bits per heavy atom. The molecule has 0 saturated heterocycles. The fourth-order valence-electron chi connectivity index (χ4n) is 1.90. The van der Waals surface area contributed by atoms with Gasteiger partial charge in [-0.25, -0.2) is 0 Å². The van der Waals surface area contributed by atoms with Gasteiger partial charge in [0.15, 0.2) is 0 Å². The third-order valence-electron chi connectivity index (χ3n) is 3.07. The number of carbonyl (C=O) groups is 1. The van der Waals surface area contributed by atoms with Gasteiger partial charge in [0.05, 0.1) is 13.0 Å². The van der Waals surface area contributed by atoms with Gasteiger partial charge in [0.1, 0.15) is 0 Å². The molecule has 4 heteroatoms. The highest BCUT2D eigenvalue weighted by Gasteiger charge is 2.18. The SMILES string of the molecule is CCCCOC(=O)C[C@H](CC)c1ccc(Cl)cc1Cl. The zero-order valence-corrected chi connectivity index (χ0v) is 12.9. The van der Waals surface area contributed by atoms with Crippen molar-refractivity contribution in [3.63, 3.8) is 0 Å². The molecule has 0 fully saturated rings. The highest BCUT2D eigenvalue weighted by atomic mass is 35.5. The summed E-state index contributed by atoms with van der Waals surface area (Å²) in [4.78, 5) is 11.7. The first-order valence-electron chi connectivity index (χ1n) is 6.69. The number of hydrogen-bond acceptors (Lipinski definition) is 2. The van der Waals surface area contributed by atoms with Gasteiger partial charge in [-0.1, -0.05) is 49.5 Å². The van der Waals surface area contributed by atoms with Crippen molar-refractivity contribution >= 4 is 29.2 Å². The van der Waals surface area contributed by atoms with Crippen LogP contribution in [0.3, 0.4) is 0 Å². The van der Waals surface area contributed by atoms with E-state index in [4.69, 9.17) is 27.9 Å². The second kappa shape index (κ2) is 8.44. The zero-order chi connectivity index (χ0) is 14.3. The average molecular weight is 303 g/mol. The van der Waals surface area contributed by atoms with Crippen LogP contribution < -0.4 is 0 Å². The average Bonchev–Trinajstić information content (AvgIpc) is 2.37. The van der Waals surface area contributed by atoms with Crippen LogP contribution >= 0.6 is 23.2 Å². The first kappa shape index (κ1) is 16.3. The van der Waals surface area contributed by atoms with Crippen LogP contribution in [0.25, 0.3) is 0 Å². The lowest BCUT2D eigenvalue weighted by Gasteiger charge is -2.16. The van der Waals surface area contributed by atoms with E-state index < -0.39 is 0 Å². The van der Waals surface area contributed by atoms with Crippen LogP contribution in [0.5, 0.6) is 0 Å². The van der Waals surface area contributed by atoms with Gasteiger partial charge in [-0.05, 0) is 36.5 Å². The quantitative estimate of drug-likeness (QED) is 0.510. The summed E-state index contributed by atoms with van der Waals surface area (Å²) in [5.41, 5.74) is 0.959. The van der Waals surface area contributed by atoms with Crippen LogP contribution in [0.2, 0.25) is 10.0 Å². The summed E-state index contributed by atoms with van der Waals surface area (Å²) >= 11 is 12.1. The molecule has 0 heterocycles. The van der Waals surface area contributed by atoms with E-state index in [0.717, 1.165) is 24.8 Å². The van der Waals surface area contributed by atoms with E-state index in [0.29, 0.717) is 23.1 Å². The molecule has 0 amide bonds. The molecule has 106 valence electrons. The summed E-state index contributed by atoms with van der Waals surface area (Å²) in [6, 6.07) is 5.40. The summed E-state index contributed by atoms with van der Waals surface area (Å²) in [7, 11) is 0. The second-order valence-electron chi connectivity index (χ2n) is 4.55. The number of carbonyl (C=O) groups excluding carboxylic acids is 1. The topological polar surface area (TPSA) is 26.3 Å². The minimum Gasteiger partial charge on any atom is -0.466 e. The molecule has 1 rings (SSSR count). The maximum Gasteiger partial charge on any atom is 0.306 e. The van der Waals surface area contributed by atoms with Gasteiger partial charge in [0.2, 0.25) is 0 Å². The molecule has 0 spiro atoms. The van der Waals surface area contributed by atoms with E-state index in [9.17, 15) is 4.79 Å². The van der Waals surface area contributed by atoms with E-state index in [1.54, 1.807) is 12.1 Å². The molecule has 0 aliphatic rings. The van der Waals surface area contributed by atoms with E-state index >= 15 is 0 Å². The largest absolute Gasteiger partial charge is 0.466 e. The van der Waals surface area contributed by atoms with Crippen LogP contribution in [-0.4, -0.2) is 12.6 Å². The number of unbranched alkanes of at least 4 members (excludes halogenated alkanes) is 1. The number of halogens is 2. The molecule has 1 aromatic rings. The van der Waals surface area contributed by atoms with Crippen LogP contribution in [0.15, 0.2) is 18.2 Å². The van der Waals surface area contributed by atoms with Crippen molar-refractivity contribution < 1.29 is 9.53 Å². The molecule has 0 N–H and O–H groups in total. The summed E-state index contributed by atoms with van der Waals surface area (Å²) in [6.07, 6.45) is 3.13. The molecular formula is C15H20Cl2O2. The Kier molecular flexibility index (Phi) is 7.25. The van der Waals surface area contributed by atoms with Crippen molar-refractivity contribution in [2.45, 2.75) is 45.4 Å². The number of ether oxygens (including phenoxy) is 1. The maximum atomic E-state index is 11.7. The standard InChI is InChI=1S/C15H20Cl2O2/c1-3-5-8-19-15(18)9-11(4-2)13-7-6-12(16)10-14(13)17/h6-7,10-11H,3-5,8-9H2,1-2H3/t11-/m0/s1. The summed E-state index contributed by atoms with van der Waals surface area (Å²) < 4.78 is 5.19. The summed E-state index contributed by atoms with van der Waals surface area (Å²) in [5.74, 6) is -0.0785. The molecule has 0 aliphatic carbocycles. The molecule has 2 nitrogen and oxygen atoms in total. The minimum atomic E-state index is -0.161. The van der Waals surface area contributed by atoms with Crippen molar-refractivity contribution in [1.29, 1.82) is 0 Å². The Bertz CT molecular complexity index is 419. The number of hydrogen-bond donors (Lipinski definition) is 0. The monoisotopic (exact) mass is 302 g/mol. The van der Waals surface area contributed by atoms with Crippen LogP contribution in [-0.2, 0) is 9.53 Å². The van der Waals surface area contributed by atoms with Gasteiger partial charge >= 0.3 is 5.97 Å². The van der Waals surface area contributed by atoms with Crippen LogP contribution in [0.4, 0.5) is 0 Å². The molecule has 0 unspecified atom stereocenters. The zero-order valence-electron chi connectivity index (χ0n) is 11.4. The van der Waals surface area contributed by atoms with E-state index in [1.807, 2.05) is 13.0 Å². The first-order chi connectivity index (χ1) is 9.08. The van der Waals surface area contributed by atoms with Gasteiger partial charge in [0, 0.05) is 10.0 Å². The van der Waals surface area contributed by atoms with E-state index in [1.165, 1.54) is 0 Å². The molecular weight excluding hydrogens is 283 g/mol. The van der Waals surface area contributed by atoms with E-state index in [2.05, 4.69) is 6.92 Å². The minimum absolute atomic E-state index is 0.0823. The maximum absolute atomic E-state index is 11.7. The van der Waals surface area contributed by atoms with Gasteiger partial charge in [-0.2, -0.15) is 0 Å². The smallest absolute Gasteiger partial charge is 0.306 e. The molecule has 0 aliphatic heterocycles. The van der Waals surface area contributed by atoms with Crippen LogP contribution in [0, 0.1) is 0 Å². The Balaban J connectivity index is 2.64. The predicted octanol–water partition coefficient (Wildman–Crippen LogP) is 5.22. The number of esters is 1. The fourth-order valence-corrected chi connectivity index (χ4v) is 2.46. The summed E-state index contributed by atoms with van der Waals surface area (Å²) in [5, 5.41) is 1.22. The normalized spacial score (nSPS) is 12.2. The van der Waals surface area contributed by atoms with Crippen molar-refractivity contribution in [2.24, 2.45) is 0 Å². The lowest BCUT2D eigenvalue weighted by atomic mass is 9.93. The fraction of sp³-hybridized carbons (Fsp3) is 0.533. The van der Waals surface area contributed by atoms with Gasteiger partial charge in [0.25, 0.3) is 0 Å². The van der Waals surface area contributed by atoms with Crippen molar-refractivity contribution in [2.75, 3.05) is 6.61 Å².